The summed E-state index contributed by atoms with van der Waals surface area (Å²) in [7, 11) is 2.16. The number of fused-ring (bicyclic) bond motifs is 1. The fourth-order valence-corrected chi connectivity index (χ4v) is 4.98. The van der Waals surface area contributed by atoms with Crippen molar-refractivity contribution in [1.29, 1.82) is 0 Å². The molecule has 2 nitrogen and oxygen atoms in total. The zero-order valence-corrected chi connectivity index (χ0v) is 21.8. The maximum atomic E-state index is 2.51. The van der Waals surface area contributed by atoms with Gasteiger partial charge in [-0.1, -0.05) is 76.3 Å². The van der Waals surface area contributed by atoms with E-state index >= 15 is 0 Å². The van der Waals surface area contributed by atoms with Crippen LogP contribution in [0.25, 0.3) is 23.1 Å². The van der Waals surface area contributed by atoms with Crippen LogP contribution in [0.2, 0.25) is 0 Å². The fourth-order valence-electron chi connectivity index (χ4n) is 4.98. The normalized spacial score (nSPS) is 11.8. The van der Waals surface area contributed by atoms with Gasteiger partial charge in [-0.25, -0.2) is 0 Å². The van der Waals surface area contributed by atoms with Crippen LogP contribution in [0, 0.1) is 20.8 Å². The summed E-state index contributed by atoms with van der Waals surface area (Å²) in [6.45, 7) is 10.1. The molecule has 0 atom stereocenters. The van der Waals surface area contributed by atoms with Gasteiger partial charge in [-0.15, -0.1) is 0 Å². The van der Waals surface area contributed by atoms with Crippen LogP contribution < -0.4 is 4.57 Å². The van der Waals surface area contributed by atoms with Gasteiger partial charge >= 0.3 is 0 Å². The topological polar surface area (TPSA) is 8.81 Å². The summed E-state index contributed by atoms with van der Waals surface area (Å²) in [6, 6.07) is 13.5. The van der Waals surface area contributed by atoms with E-state index < -0.39 is 0 Å². The molecule has 178 valence electrons. The van der Waals surface area contributed by atoms with Crippen LogP contribution in [-0.4, -0.2) is 4.57 Å². The first-order valence-corrected chi connectivity index (χ1v) is 13.3. The lowest BCUT2D eigenvalue weighted by Crippen LogP contribution is -2.32. The number of hydrogen-bond acceptors (Lipinski definition) is 0. The van der Waals surface area contributed by atoms with Crippen molar-refractivity contribution in [2.24, 2.45) is 7.05 Å². The van der Waals surface area contributed by atoms with E-state index in [-0.39, 0.29) is 0 Å². The summed E-state index contributed by atoms with van der Waals surface area (Å²) in [5.74, 6) is 0. The van der Waals surface area contributed by atoms with Crippen LogP contribution in [0.1, 0.15) is 99.3 Å². The van der Waals surface area contributed by atoms with Gasteiger partial charge in [-0.2, -0.15) is 4.57 Å². The molecule has 0 N–H and O–H groups in total. The molecular weight excluding hydrogens is 400 g/mol. The number of benzene rings is 1. The summed E-state index contributed by atoms with van der Waals surface area (Å²) in [4.78, 5) is 0. The summed E-state index contributed by atoms with van der Waals surface area (Å²) in [6.07, 6.45) is 18.4. The Morgan fingerprint density at radius 1 is 0.758 bits per heavy atom. The van der Waals surface area contributed by atoms with Gasteiger partial charge in [0, 0.05) is 41.5 Å². The SMILES string of the molecule is CCCCCCCCCCCCn1c(C)cc(/C=C/c2ccc3cc(C)ccc3[n+]2C)c1C. The van der Waals surface area contributed by atoms with Crippen molar-refractivity contribution in [3.63, 3.8) is 0 Å². The zero-order chi connectivity index (χ0) is 23.6. The lowest BCUT2D eigenvalue weighted by atomic mass is 10.1. The molecule has 33 heavy (non-hydrogen) atoms. The van der Waals surface area contributed by atoms with Gasteiger partial charge in [-0.3, -0.25) is 0 Å². The molecule has 2 heteroatoms. The van der Waals surface area contributed by atoms with Gasteiger partial charge in [0.15, 0.2) is 0 Å². The number of nitrogens with zero attached hydrogens (tertiary/aromatic N) is 2. The highest BCUT2D eigenvalue weighted by Gasteiger charge is 2.11. The van der Waals surface area contributed by atoms with E-state index in [4.69, 9.17) is 0 Å². The van der Waals surface area contributed by atoms with Crippen LogP contribution in [0.3, 0.4) is 0 Å². The third kappa shape index (κ3) is 7.06. The van der Waals surface area contributed by atoms with Crippen LogP contribution in [0.15, 0.2) is 36.4 Å². The van der Waals surface area contributed by atoms with Crippen LogP contribution >= 0.6 is 0 Å². The molecule has 1 aromatic carbocycles. The van der Waals surface area contributed by atoms with E-state index in [2.05, 4.69) is 92.4 Å². The Hall–Kier alpha value is -2.35. The number of aromatic nitrogens is 2. The Morgan fingerprint density at radius 3 is 2.12 bits per heavy atom. The quantitative estimate of drug-likeness (QED) is 0.184. The van der Waals surface area contributed by atoms with Gasteiger partial charge in [0.05, 0.1) is 0 Å². The minimum atomic E-state index is 1.14. The van der Waals surface area contributed by atoms with Crippen molar-refractivity contribution in [3.8, 4) is 0 Å². The average Bonchev–Trinajstić information content (AvgIpc) is 3.07. The first-order valence-electron chi connectivity index (χ1n) is 13.3. The van der Waals surface area contributed by atoms with E-state index in [0.717, 1.165) is 6.54 Å². The van der Waals surface area contributed by atoms with Crippen molar-refractivity contribution in [3.05, 3.63) is 64.6 Å². The third-order valence-electron chi connectivity index (χ3n) is 7.15. The minimum Gasteiger partial charge on any atom is -0.349 e. The second-order valence-corrected chi connectivity index (χ2v) is 9.87. The van der Waals surface area contributed by atoms with E-state index in [1.165, 1.54) is 103 Å². The standard InChI is InChI=1S/C31H45N2/c1-6-7-8-9-10-11-12-13-14-15-22-33-26(3)24-28(27(33)4)17-19-30-20-18-29-23-25(2)16-21-31(29)32(30)5/h16-21,23-24H,6-15,22H2,1-5H3/q+1. The van der Waals surface area contributed by atoms with Crippen molar-refractivity contribution in [2.75, 3.05) is 0 Å². The molecule has 0 saturated carbocycles. The van der Waals surface area contributed by atoms with Crippen molar-refractivity contribution in [2.45, 2.75) is 98.4 Å². The molecule has 0 radical (unpaired) electrons. The van der Waals surface area contributed by atoms with Gasteiger partial charge in [0.1, 0.15) is 7.05 Å². The van der Waals surface area contributed by atoms with Crippen LogP contribution in [0.5, 0.6) is 0 Å². The van der Waals surface area contributed by atoms with Crippen LogP contribution in [-0.2, 0) is 13.6 Å². The molecule has 0 aliphatic carbocycles. The Balaban J connectivity index is 1.52. The Kier molecular flexibility index (Phi) is 9.78. The van der Waals surface area contributed by atoms with E-state index in [1.54, 1.807) is 0 Å². The Morgan fingerprint density at radius 2 is 1.42 bits per heavy atom. The molecule has 0 bridgehead atoms. The molecule has 2 heterocycles. The minimum absolute atomic E-state index is 1.14. The van der Waals surface area contributed by atoms with E-state index in [9.17, 15) is 0 Å². The molecule has 3 rings (SSSR count). The van der Waals surface area contributed by atoms with Gasteiger partial charge in [-0.05, 0) is 57.0 Å². The number of rotatable bonds is 13. The second-order valence-electron chi connectivity index (χ2n) is 9.87. The Bertz CT molecular complexity index is 1050. The molecule has 3 aromatic rings. The van der Waals surface area contributed by atoms with Crippen molar-refractivity contribution in [1.82, 2.24) is 4.57 Å². The molecule has 0 amide bonds. The third-order valence-corrected chi connectivity index (χ3v) is 7.15. The predicted molar refractivity (Wildman–Crippen MR) is 145 cm³/mol. The maximum Gasteiger partial charge on any atom is 0.212 e. The number of pyridine rings is 1. The lowest BCUT2D eigenvalue weighted by Gasteiger charge is -2.09. The van der Waals surface area contributed by atoms with Crippen LogP contribution in [0.4, 0.5) is 0 Å². The summed E-state index contributed by atoms with van der Waals surface area (Å²) in [5.41, 5.74) is 7.91. The van der Waals surface area contributed by atoms with Crippen molar-refractivity contribution < 1.29 is 4.57 Å². The molecule has 0 saturated heterocycles. The maximum absolute atomic E-state index is 2.51. The summed E-state index contributed by atoms with van der Waals surface area (Å²) in [5, 5.41) is 1.30. The molecular formula is C31H45N2+. The molecule has 0 aliphatic rings. The summed E-state index contributed by atoms with van der Waals surface area (Å²) >= 11 is 0. The van der Waals surface area contributed by atoms with Gasteiger partial charge < -0.3 is 4.57 Å². The smallest absolute Gasteiger partial charge is 0.212 e. The van der Waals surface area contributed by atoms with E-state index in [1.807, 2.05) is 0 Å². The lowest BCUT2D eigenvalue weighted by molar-refractivity contribution is -0.646. The second kappa shape index (κ2) is 12.8. The Labute approximate surface area is 202 Å². The highest BCUT2D eigenvalue weighted by Crippen LogP contribution is 2.20. The fraction of sp³-hybridized carbons (Fsp3) is 0.516. The number of hydrogen-bond donors (Lipinski definition) is 0. The highest BCUT2D eigenvalue weighted by molar-refractivity contribution is 5.78. The first kappa shape index (κ1) is 25.3. The monoisotopic (exact) mass is 445 g/mol. The highest BCUT2D eigenvalue weighted by atomic mass is 15.0. The molecule has 0 unspecified atom stereocenters. The largest absolute Gasteiger partial charge is 0.349 e. The van der Waals surface area contributed by atoms with Gasteiger partial charge in [0.25, 0.3) is 0 Å². The zero-order valence-electron chi connectivity index (χ0n) is 21.8. The first-order chi connectivity index (χ1) is 16.0. The van der Waals surface area contributed by atoms with Crippen molar-refractivity contribution >= 4 is 23.1 Å². The molecule has 0 spiro atoms. The molecule has 0 aliphatic heterocycles. The van der Waals surface area contributed by atoms with E-state index in [0.29, 0.717) is 0 Å². The number of aryl methyl sites for hydroxylation is 3. The average molecular weight is 446 g/mol. The summed E-state index contributed by atoms with van der Waals surface area (Å²) < 4.78 is 4.79. The predicted octanol–water partition coefficient (Wildman–Crippen LogP) is 8.48. The van der Waals surface area contributed by atoms with Gasteiger partial charge in [0.2, 0.25) is 11.2 Å². The molecule has 2 aromatic heterocycles. The number of unbranched alkanes of at least 4 members (excludes halogenated alkanes) is 9. The molecule has 0 fully saturated rings.